The Morgan fingerprint density at radius 2 is 1.50 bits per heavy atom. The molecular weight excluding hydrogens is 264 g/mol. The summed E-state index contributed by atoms with van der Waals surface area (Å²) in [6.07, 6.45) is 7.41. The number of fused-ring (bicyclic) bond motifs is 3. The first-order valence-electron chi connectivity index (χ1n) is 9.15. The molecule has 3 saturated carbocycles. The van der Waals surface area contributed by atoms with Gasteiger partial charge in [-0.25, -0.2) is 0 Å². The van der Waals surface area contributed by atoms with Gasteiger partial charge in [-0.05, 0) is 90.0 Å². The zero-order valence-electron chi connectivity index (χ0n) is 13.8. The summed E-state index contributed by atoms with van der Waals surface area (Å²) in [4.78, 5) is 0. The second-order valence-electron chi connectivity index (χ2n) is 8.60. The lowest BCUT2D eigenvalue weighted by Crippen LogP contribution is -2.35. The lowest BCUT2D eigenvalue weighted by Gasteiger charge is -2.43. The molecule has 0 aliphatic heterocycles. The highest BCUT2D eigenvalue weighted by Crippen LogP contribution is 2.64. The molecular formula is C22H26. The highest BCUT2D eigenvalue weighted by molar-refractivity contribution is 5.89. The van der Waals surface area contributed by atoms with Crippen LogP contribution in [0, 0.1) is 30.6 Å². The molecule has 0 N–H and O–H groups in total. The predicted octanol–water partition coefficient (Wildman–Crippen LogP) is 5.86. The molecule has 2 aromatic carbocycles. The number of hydrogen-bond acceptors (Lipinski definition) is 0. The molecule has 22 heavy (non-hydrogen) atoms. The van der Waals surface area contributed by atoms with Gasteiger partial charge in [-0.2, -0.15) is 0 Å². The molecule has 3 aliphatic carbocycles. The van der Waals surface area contributed by atoms with Gasteiger partial charge in [-0.15, -0.1) is 0 Å². The molecule has 0 amide bonds. The van der Waals surface area contributed by atoms with Crippen molar-refractivity contribution in [3.63, 3.8) is 0 Å². The van der Waals surface area contributed by atoms with Crippen LogP contribution in [0.3, 0.4) is 0 Å². The molecule has 0 aromatic heterocycles. The fourth-order valence-electron chi connectivity index (χ4n) is 6.46. The fraction of sp³-hybridized carbons (Fsp3) is 0.545. The molecule has 0 heterocycles. The van der Waals surface area contributed by atoms with Crippen LogP contribution in [0.2, 0.25) is 0 Å². The maximum atomic E-state index is 2.52. The van der Waals surface area contributed by atoms with Crippen molar-refractivity contribution in [1.82, 2.24) is 0 Å². The molecule has 2 aromatic rings. The fourth-order valence-corrected chi connectivity index (χ4v) is 6.46. The zero-order valence-corrected chi connectivity index (χ0v) is 13.8. The van der Waals surface area contributed by atoms with E-state index in [0.29, 0.717) is 5.41 Å². The first-order valence-corrected chi connectivity index (χ1v) is 9.15. The van der Waals surface area contributed by atoms with Crippen molar-refractivity contribution in [2.45, 2.75) is 51.4 Å². The van der Waals surface area contributed by atoms with Gasteiger partial charge < -0.3 is 0 Å². The van der Waals surface area contributed by atoms with Crippen molar-refractivity contribution in [3.05, 3.63) is 47.5 Å². The Hall–Kier alpha value is -1.30. The first-order chi connectivity index (χ1) is 10.7. The molecule has 5 unspecified atom stereocenters. The maximum Gasteiger partial charge on any atom is -0.00326 e. The average Bonchev–Trinajstić information content (AvgIpc) is 2.72. The Kier molecular flexibility index (Phi) is 2.62. The summed E-state index contributed by atoms with van der Waals surface area (Å²) < 4.78 is 0. The van der Waals surface area contributed by atoms with Crippen LogP contribution in [0.25, 0.3) is 10.8 Å². The molecule has 0 saturated heterocycles. The minimum atomic E-state index is 0.496. The van der Waals surface area contributed by atoms with Crippen LogP contribution in [0.5, 0.6) is 0 Å². The Labute approximate surface area is 133 Å². The van der Waals surface area contributed by atoms with E-state index in [0.717, 1.165) is 23.7 Å². The summed E-state index contributed by atoms with van der Waals surface area (Å²) in [5.41, 5.74) is 3.61. The minimum Gasteiger partial charge on any atom is -0.0622 e. The third-order valence-corrected chi connectivity index (χ3v) is 7.42. The summed E-state index contributed by atoms with van der Waals surface area (Å²) in [7, 11) is 0. The summed E-state index contributed by atoms with van der Waals surface area (Å²) in [5, 5.41) is 3.01. The van der Waals surface area contributed by atoms with Crippen LogP contribution in [0.1, 0.15) is 50.2 Å². The normalized spacial score (nSPS) is 39.5. The van der Waals surface area contributed by atoms with Gasteiger partial charge >= 0.3 is 0 Å². The Balaban J connectivity index is 1.71. The Morgan fingerprint density at radius 1 is 0.818 bits per heavy atom. The lowest BCUT2D eigenvalue weighted by molar-refractivity contribution is 0.111. The third-order valence-electron chi connectivity index (χ3n) is 7.42. The van der Waals surface area contributed by atoms with E-state index in [2.05, 4.69) is 50.2 Å². The van der Waals surface area contributed by atoms with E-state index in [4.69, 9.17) is 0 Å². The van der Waals surface area contributed by atoms with Crippen molar-refractivity contribution in [2.75, 3.05) is 0 Å². The van der Waals surface area contributed by atoms with Gasteiger partial charge in [0, 0.05) is 0 Å². The molecule has 0 nitrogen and oxygen atoms in total. The van der Waals surface area contributed by atoms with Gasteiger partial charge in [-0.3, -0.25) is 0 Å². The van der Waals surface area contributed by atoms with Crippen LogP contribution in [-0.4, -0.2) is 0 Å². The molecule has 0 spiro atoms. The molecule has 3 aliphatic rings. The monoisotopic (exact) mass is 290 g/mol. The number of hydrogen-bond donors (Lipinski definition) is 0. The molecule has 0 radical (unpaired) electrons. The second kappa shape index (κ2) is 4.37. The number of aryl methyl sites for hydroxylation is 1. The predicted molar refractivity (Wildman–Crippen MR) is 93.1 cm³/mol. The zero-order chi connectivity index (χ0) is 14.9. The lowest BCUT2D eigenvalue weighted by atomic mass is 9.62. The van der Waals surface area contributed by atoms with Gasteiger partial charge in [0.2, 0.25) is 0 Å². The van der Waals surface area contributed by atoms with E-state index in [9.17, 15) is 0 Å². The standard InChI is InChI=1S/C22H26/c1-14-7-8-21(20-6-4-3-5-19(14)20)22-11-16-10-18(13-22)17(12-22)9-15(16)2/h3-8,15-18H,9-13H2,1-2H3. The molecule has 0 heteroatoms. The van der Waals surface area contributed by atoms with Crippen molar-refractivity contribution in [3.8, 4) is 0 Å². The van der Waals surface area contributed by atoms with Gasteiger partial charge in [-0.1, -0.05) is 43.3 Å². The molecule has 5 rings (SSSR count). The van der Waals surface area contributed by atoms with Crippen molar-refractivity contribution in [1.29, 1.82) is 0 Å². The van der Waals surface area contributed by atoms with Crippen LogP contribution in [0.15, 0.2) is 36.4 Å². The molecule has 5 atom stereocenters. The first kappa shape index (κ1) is 13.2. The molecule has 3 bridgehead atoms. The Morgan fingerprint density at radius 3 is 2.32 bits per heavy atom. The summed E-state index contributed by atoms with van der Waals surface area (Å²) in [6.45, 7) is 4.77. The maximum absolute atomic E-state index is 2.52. The largest absolute Gasteiger partial charge is 0.0622 e. The van der Waals surface area contributed by atoms with E-state index >= 15 is 0 Å². The Bertz CT molecular complexity index is 743. The van der Waals surface area contributed by atoms with Crippen molar-refractivity contribution < 1.29 is 0 Å². The number of benzene rings is 2. The van der Waals surface area contributed by atoms with Gasteiger partial charge in [0.1, 0.15) is 0 Å². The van der Waals surface area contributed by atoms with E-state index in [1.165, 1.54) is 48.4 Å². The van der Waals surface area contributed by atoms with E-state index in [1.807, 2.05) is 0 Å². The third kappa shape index (κ3) is 1.64. The van der Waals surface area contributed by atoms with Crippen LogP contribution in [0.4, 0.5) is 0 Å². The minimum absolute atomic E-state index is 0.496. The van der Waals surface area contributed by atoms with Gasteiger partial charge in [0.15, 0.2) is 0 Å². The second-order valence-corrected chi connectivity index (χ2v) is 8.60. The van der Waals surface area contributed by atoms with Crippen molar-refractivity contribution in [2.24, 2.45) is 23.7 Å². The van der Waals surface area contributed by atoms with Crippen LogP contribution in [-0.2, 0) is 5.41 Å². The van der Waals surface area contributed by atoms with Gasteiger partial charge in [0.25, 0.3) is 0 Å². The number of rotatable bonds is 1. The highest BCUT2D eigenvalue weighted by Gasteiger charge is 2.55. The smallest absolute Gasteiger partial charge is 0.00326 e. The molecule has 3 fully saturated rings. The van der Waals surface area contributed by atoms with Crippen LogP contribution >= 0.6 is 0 Å². The SMILES string of the molecule is Cc1ccc(C23CC4CC(C2)C(CC4C)C3)c2ccccc12. The summed E-state index contributed by atoms with van der Waals surface area (Å²) >= 11 is 0. The van der Waals surface area contributed by atoms with E-state index < -0.39 is 0 Å². The summed E-state index contributed by atoms with van der Waals surface area (Å²) in [6, 6.07) is 14.0. The molecule has 114 valence electrons. The van der Waals surface area contributed by atoms with Gasteiger partial charge in [0.05, 0.1) is 0 Å². The van der Waals surface area contributed by atoms with E-state index in [-0.39, 0.29) is 0 Å². The van der Waals surface area contributed by atoms with E-state index in [1.54, 1.807) is 5.56 Å². The average molecular weight is 290 g/mol. The quantitative estimate of drug-likeness (QED) is 0.617. The highest BCUT2D eigenvalue weighted by atomic mass is 14.6. The summed E-state index contributed by atoms with van der Waals surface area (Å²) in [5.74, 6) is 3.97. The van der Waals surface area contributed by atoms with Crippen LogP contribution < -0.4 is 0 Å². The topological polar surface area (TPSA) is 0 Å². The van der Waals surface area contributed by atoms with Crippen molar-refractivity contribution >= 4 is 10.8 Å².